The summed E-state index contributed by atoms with van der Waals surface area (Å²) in [6, 6.07) is 18.4. The van der Waals surface area contributed by atoms with Crippen molar-refractivity contribution in [2.75, 3.05) is 0 Å². The zero-order chi connectivity index (χ0) is 18.0. The highest BCUT2D eigenvalue weighted by atomic mass is 16.2. The molecule has 2 heteroatoms. The fourth-order valence-corrected chi connectivity index (χ4v) is 3.29. The van der Waals surface area contributed by atoms with Gasteiger partial charge in [0.2, 0.25) is 5.91 Å². The molecule has 0 bridgehead atoms. The fourth-order valence-electron chi connectivity index (χ4n) is 3.29. The molecule has 3 rings (SSSR count). The summed E-state index contributed by atoms with van der Waals surface area (Å²) in [5.74, 6) is 0.135. The van der Waals surface area contributed by atoms with Crippen LogP contribution in [-0.4, -0.2) is 16.8 Å². The summed E-state index contributed by atoms with van der Waals surface area (Å²) in [5, 5.41) is 0. The first kappa shape index (κ1) is 17.2. The maximum Gasteiger partial charge on any atom is 0.229 e. The van der Waals surface area contributed by atoms with Crippen molar-refractivity contribution in [2.24, 2.45) is 5.41 Å². The third-order valence-corrected chi connectivity index (χ3v) is 4.59. The van der Waals surface area contributed by atoms with Gasteiger partial charge in [-0.15, -0.1) is 6.58 Å². The van der Waals surface area contributed by atoms with E-state index in [-0.39, 0.29) is 11.9 Å². The van der Waals surface area contributed by atoms with E-state index in [0.717, 1.165) is 22.3 Å². The topological polar surface area (TPSA) is 20.3 Å². The van der Waals surface area contributed by atoms with Crippen LogP contribution in [0.5, 0.6) is 0 Å². The molecule has 0 spiro atoms. The number of fused-ring (bicyclic) bond motifs is 1. The highest BCUT2D eigenvalue weighted by Gasteiger charge is 2.34. The molecular weight excluding hydrogens is 306 g/mol. The number of hydrogen-bond donors (Lipinski definition) is 0. The molecule has 0 N–H and O–H groups in total. The number of carbonyl (C=O) groups is 1. The minimum absolute atomic E-state index is 0.135. The molecule has 2 aromatic rings. The highest BCUT2D eigenvalue weighted by Crippen LogP contribution is 2.34. The van der Waals surface area contributed by atoms with Crippen molar-refractivity contribution < 1.29 is 4.79 Å². The first-order valence-corrected chi connectivity index (χ1v) is 8.70. The lowest BCUT2D eigenvalue weighted by Crippen LogP contribution is -2.44. The van der Waals surface area contributed by atoms with E-state index in [2.05, 4.69) is 36.9 Å². The summed E-state index contributed by atoms with van der Waals surface area (Å²) in [5.41, 5.74) is 4.12. The molecule has 0 aliphatic carbocycles. The van der Waals surface area contributed by atoms with Gasteiger partial charge in [0.15, 0.2) is 0 Å². The van der Waals surface area contributed by atoms with Crippen molar-refractivity contribution in [1.29, 1.82) is 0 Å². The lowest BCUT2D eigenvalue weighted by Gasteiger charge is -2.35. The molecule has 1 atom stereocenters. The van der Waals surface area contributed by atoms with Crippen molar-refractivity contribution in [1.82, 2.24) is 4.90 Å². The van der Waals surface area contributed by atoms with Crippen molar-refractivity contribution in [3.05, 3.63) is 83.9 Å². The van der Waals surface area contributed by atoms with E-state index >= 15 is 0 Å². The van der Waals surface area contributed by atoms with Crippen LogP contribution in [0.3, 0.4) is 0 Å². The number of carbonyl (C=O) groups excluding carboxylic acids is 1. The normalized spacial score (nSPS) is 17.3. The zero-order valence-corrected chi connectivity index (χ0v) is 15.2. The molecule has 1 amide bonds. The third kappa shape index (κ3) is 3.43. The van der Waals surface area contributed by atoms with Gasteiger partial charge in [-0.05, 0) is 28.3 Å². The zero-order valence-electron chi connectivity index (χ0n) is 15.2. The molecule has 1 aliphatic rings. The maximum atomic E-state index is 13.2. The molecule has 0 saturated carbocycles. The van der Waals surface area contributed by atoms with Crippen LogP contribution in [0.25, 0.3) is 11.6 Å². The summed E-state index contributed by atoms with van der Waals surface area (Å²) in [7, 11) is 0. The van der Waals surface area contributed by atoms with Crippen LogP contribution in [-0.2, 0) is 11.3 Å². The Morgan fingerprint density at radius 3 is 2.36 bits per heavy atom. The monoisotopic (exact) mass is 331 g/mol. The molecule has 1 heterocycles. The van der Waals surface area contributed by atoms with Crippen molar-refractivity contribution in [3.63, 3.8) is 0 Å². The minimum Gasteiger partial charge on any atom is -0.327 e. The number of rotatable bonds is 2. The molecule has 128 valence electrons. The van der Waals surface area contributed by atoms with E-state index in [1.807, 2.05) is 62.1 Å². The first-order chi connectivity index (χ1) is 11.9. The second kappa shape index (κ2) is 6.72. The summed E-state index contributed by atoms with van der Waals surface area (Å²) in [6.45, 7) is 10.5. The van der Waals surface area contributed by atoms with Crippen molar-refractivity contribution in [2.45, 2.75) is 33.4 Å². The smallest absolute Gasteiger partial charge is 0.229 e. The number of hydrogen-bond acceptors (Lipinski definition) is 1. The second-order valence-electron chi connectivity index (χ2n) is 7.53. The van der Waals surface area contributed by atoms with Crippen LogP contribution in [0, 0.1) is 5.41 Å². The van der Waals surface area contributed by atoms with Crippen LogP contribution in [0.15, 0.2) is 67.3 Å². The predicted molar refractivity (Wildman–Crippen MR) is 105 cm³/mol. The lowest BCUT2D eigenvalue weighted by atomic mass is 9.91. The lowest BCUT2D eigenvalue weighted by molar-refractivity contribution is -0.140. The van der Waals surface area contributed by atoms with Gasteiger partial charge in [0, 0.05) is 12.0 Å². The molecular formula is C23H25NO. The Morgan fingerprint density at radius 1 is 1.08 bits per heavy atom. The predicted octanol–water partition coefficient (Wildman–Crippen LogP) is 5.17. The van der Waals surface area contributed by atoms with E-state index in [1.165, 1.54) is 0 Å². The van der Waals surface area contributed by atoms with Crippen LogP contribution in [0.2, 0.25) is 0 Å². The average molecular weight is 331 g/mol. The Hall–Kier alpha value is -2.61. The first-order valence-electron chi connectivity index (χ1n) is 8.70. The van der Waals surface area contributed by atoms with Crippen LogP contribution < -0.4 is 0 Å². The highest BCUT2D eigenvalue weighted by molar-refractivity contribution is 5.91. The Morgan fingerprint density at radius 2 is 1.72 bits per heavy atom. The second-order valence-corrected chi connectivity index (χ2v) is 7.53. The average Bonchev–Trinajstić information content (AvgIpc) is 2.77. The van der Waals surface area contributed by atoms with Gasteiger partial charge >= 0.3 is 0 Å². The quantitative estimate of drug-likeness (QED) is 0.695. The maximum absolute atomic E-state index is 13.2. The number of benzene rings is 2. The molecule has 1 aliphatic heterocycles. The molecule has 1 unspecified atom stereocenters. The largest absolute Gasteiger partial charge is 0.327 e. The number of amides is 1. The molecule has 0 radical (unpaired) electrons. The van der Waals surface area contributed by atoms with Gasteiger partial charge in [-0.3, -0.25) is 4.79 Å². The van der Waals surface area contributed by atoms with Gasteiger partial charge in [0.25, 0.3) is 0 Å². The Kier molecular flexibility index (Phi) is 4.63. The standard InChI is InChI=1S/C23H25NO/c1-5-21-20(17-11-7-6-8-12-17)15-18-13-9-10-14-19(18)16-24(21)22(25)23(2,3)4/h5-15,21H,1,16H2,2-4H3. The van der Waals surface area contributed by atoms with E-state index in [9.17, 15) is 4.79 Å². The van der Waals surface area contributed by atoms with Crippen molar-refractivity contribution in [3.8, 4) is 0 Å². The van der Waals surface area contributed by atoms with Gasteiger partial charge in [0.1, 0.15) is 0 Å². The van der Waals surface area contributed by atoms with E-state index in [0.29, 0.717) is 6.54 Å². The Balaban J connectivity index is 2.19. The van der Waals surface area contributed by atoms with E-state index in [1.54, 1.807) is 0 Å². The van der Waals surface area contributed by atoms with Gasteiger partial charge in [-0.2, -0.15) is 0 Å². The fraction of sp³-hybridized carbons (Fsp3) is 0.261. The molecule has 2 aromatic carbocycles. The van der Waals surface area contributed by atoms with E-state index < -0.39 is 5.41 Å². The van der Waals surface area contributed by atoms with Gasteiger partial charge in [-0.1, -0.05) is 81.4 Å². The molecule has 0 aromatic heterocycles. The summed E-state index contributed by atoms with van der Waals surface area (Å²) in [4.78, 5) is 15.1. The summed E-state index contributed by atoms with van der Waals surface area (Å²) >= 11 is 0. The van der Waals surface area contributed by atoms with E-state index in [4.69, 9.17) is 0 Å². The van der Waals surface area contributed by atoms with Gasteiger partial charge < -0.3 is 4.90 Å². The molecule has 25 heavy (non-hydrogen) atoms. The van der Waals surface area contributed by atoms with Gasteiger partial charge in [0.05, 0.1) is 6.04 Å². The van der Waals surface area contributed by atoms with Crippen LogP contribution >= 0.6 is 0 Å². The third-order valence-electron chi connectivity index (χ3n) is 4.59. The minimum atomic E-state index is -0.442. The number of nitrogens with zero attached hydrogens (tertiary/aromatic N) is 1. The molecule has 2 nitrogen and oxygen atoms in total. The van der Waals surface area contributed by atoms with Crippen LogP contribution in [0.1, 0.15) is 37.5 Å². The summed E-state index contributed by atoms with van der Waals surface area (Å²) < 4.78 is 0. The van der Waals surface area contributed by atoms with Crippen molar-refractivity contribution >= 4 is 17.6 Å². The van der Waals surface area contributed by atoms with Gasteiger partial charge in [-0.25, -0.2) is 0 Å². The summed E-state index contributed by atoms with van der Waals surface area (Å²) in [6.07, 6.45) is 4.08. The Labute approximate surface area is 150 Å². The van der Waals surface area contributed by atoms with Crippen LogP contribution in [0.4, 0.5) is 0 Å². The SMILES string of the molecule is C=CC1C(c2ccccc2)=Cc2ccccc2CN1C(=O)C(C)(C)C. The Bertz CT molecular complexity index is 811. The molecule has 0 fully saturated rings. The molecule has 0 saturated heterocycles.